The molecule has 1 atom stereocenters. The molecule has 2 aliphatic rings. The SMILES string of the molecule is CC(CNC(=O)C1(CN)CCOCC1)CN1CCCCC1.Cl.Cl. The third kappa shape index (κ3) is 6.75. The highest BCUT2D eigenvalue weighted by Crippen LogP contribution is 2.29. The molecule has 2 rings (SSSR count). The fourth-order valence-corrected chi connectivity index (χ4v) is 3.39. The van der Waals surface area contributed by atoms with Gasteiger partial charge in [0.15, 0.2) is 0 Å². The fourth-order valence-electron chi connectivity index (χ4n) is 3.39. The molecule has 2 saturated heterocycles. The number of nitrogens with two attached hydrogens (primary N) is 1. The lowest BCUT2D eigenvalue weighted by Gasteiger charge is -2.35. The zero-order chi connectivity index (χ0) is 15.1. The molecule has 0 saturated carbocycles. The molecule has 2 fully saturated rings. The number of carbonyl (C=O) groups is 1. The second kappa shape index (κ2) is 11.5. The molecule has 2 aliphatic heterocycles. The van der Waals surface area contributed by atoms with Crippen molar-refractivity contribution in [2.24, 2.45) is 17.1 Å². The van der Waals surface area contributed by atoms with Gasteiger partial charge < -0.3 is 20.7 Å². The van der Waals surface area contributed by atoms with Crippen molar-refractivity contribution in [2.75, 3.05) is 45.9 Å². The summed E-state index contributed by atoms with van der Waals surface area (Å²) in [6.45, 7) is 8.18. The number of piperidine rings is 1. The van der Waals surface area contributed by atoms with Gasteiger partial charge in [0.1, 0.15) is 0 Å². The van der Waals surface area contributed by atoms with Crippen LogP contribution in [0.3, 0.4) is 0 Å². The van der Waals surface area contributed by atoms with Crippen LogP contribution in [0.2, 0.25) is 0 Å². The topological polar surface area (TPSA) is 67.6 Å². The summed E-state index contributed by atoms with van der Waals surface area (Å²) in [6.07, 6.45) is 5.49. The van der Waals surface area contributed by atoms with Gasteiger partial charge in [-0.2, -0.15) is 0 Å². The van der Waals surface area contributed by atoms with Gasteiger partial charge in [-0.3, -0.25) is 4.79 Å². The minimum absolute atomic E-state index is 0. The lowest BCUT2D eigenvalue weighted by Crippen LogP contribution is -2.50. The average Bonchev–Trinajstić information content (AvgIpc) is 2.54. The Hall–Kier alpha value is -0.0700. The number of nitrogens with zero attached hydrogens (tertiary/aromatic N) is 1. The van der Waals surface area contributed by atoms with E-state index >= 15 is 0 Å². The molecule has 1 unspecified atom stereocenters. The maximum absolute atomic E-state index is 12.5. The first-order chi connectivity index (χ1) is 10.2. The van der Waals surface area contributed by atoms with Gasteiger partial charge in [-0.05, 0) is 44.7 Å². The van der Waals surface area contributed by atoms with E-state index in [1.807, 2.05) is 0 Å². The number of likely N-dealkylation sites (tertiary alicyclic amines) is 1. The third-order valence-electron chi connectivity index (χ3n) is 4.95. The number of amides is 1. The zero-order valence-corrected chi connectivity index (χ0v) is 15.9. The first-order valence-electron chi connectivity index (χ1n) is 8.45. The molecular formula is C16H33Cl2N3O2. The number of ether oxygens (including phenoxy) is 1. The van der Waals surface area contributed by atoms with Gasteiger partial charge in [-0.15, -0.1) is 24.8 Å². The van der Waals surface area contributed by atoms with E-state index in [9.17, 15) is 4.79 Å². The van der Waals surface area contributed by atoms with Crippen molar-refractivity contribution in [3.8, 4) is 0 Å². The molecule has 7 heteroatoms. The van der Waals surface area contributed by atoms with Crippen LogP contribution in [0.1, 0.15) is 39.0 Å². The number of hydrogen-bond acceptors (Lipinski definition) is 4. The van der Waals surface area contributed by atoms with Crippen LogP contribution in [0.15, 0.2) is 0 Å². The highest BCUT2D eigenvalue weighted by molar-refractivity contribution is 5.85. The lowest BCUT2D eigenvalue weighted by atomic mass is 9.79. The van der Waals surface area contributed by atoms with Crippen LogP contribution in [-0.2, 0) is 9.53 Å². The van der Waals surface area contributed by atoms with Gasteiger partial charge in [0, 0.05) is 32.8 Å². The van der Waals surface area contributed by atoms with E-state index in [1.54, 1.807) is 0 Å². The summed E-state index contributed by atoms with van der Waals surface area (Å²) in [5, 5.41) is 3.13. The van der Waals surface area contributed by atoms with Gasteiger partial charge in [0.2, 0.25) is 5.91 Å². The summed E-state index contributed by atoms with van der Waals surface area (Å²) >= 11 is 0. The van der Waals surface area contributed by atoms with E-state index in [1.165, 1.54) is 32.4 Å². The Morgan fingerprint density at radius 3 is 2.39 bits per heavy atom. The normalized spacial score (nSPS) is 22.3. The first-order valence-corrected chi connectivity index (χ1v) is 8.45. The van der Waals surface area contributed by atoms with Crippen LogP contribution in [-0.4, -0.2) is 56.7 Å². The van der Waals surface area contributed by atoms with E-state index < -0.39 is 5.41 Å². The molecule has 138 valence electrons. The Bertz CT molecular complexity index is 333. The van der Waals surface area contributed by atoms with Gasteiger partial charge in [-0.25, -0.2) is 0 Å². The molecule has 2 heterocycles. The quantitative estimate of drug-likeness (QED) is 0.749. The summed E-state index contributed by atoms with van der Waals surface area (Å²) in [6, 6.07) is 0. The van der Waals surface area contributed by atoms with Gasteiger partial charge in [-0.1, -0.05) is 13.3 Å². The van der Waals surface area contributed by atoms with Gasteiger partial charge in [0.25, 0.3) is 0 Å². The molecule has 0 bridgehead atoms. The molecule has 0 spiro atoms. The molecule has 0 aliphatic carbocycles. The van der Waals surface area contributed by atoms with E-state index in [0.717, 1.165) is 25.9 Å². The Balaban J connectivity index is 0.00000242. The molecule has 23 heavy (non-hydrogen) atoms. The van der Waals surface area contributed by atoms with Gasteiger partial charge >= 0.3 is 0 Å². The molecule has 0 aromatic heterocycles. The number of halogens is 2. The molecule has 1 amide bonds. The maximum Gasteiger partial charge on any atom is 0.227 e. The van der Waals surface area contributed by atoms with Gasteiger partial charge in [0.05, 0.1) is 5.41 Å². The van der Waals surface area contributed by atoms with Crippen LogP contribution in [0.5, 0.6) is 0 Å². The molecule has 0 aromatic carbocycles. The number of hydrogen-bond donors (Lipinski definition) is 2. The minimum atomic E-state index is -0.400. The summed E-state index contributed by atoms with van der Waals surface area (Å²) in [5.41, 5.74) is 5.47. The highest BCUT2D eigenvalue weighted by Gasteiger charge is 2.38. The predicted molar refractivity (Wildman–Crippen MR) is 98.5 cm³/mol. The first kappa shape index (κ1) is 22.9. The Morgan fingerprint density at radius 2 is 1.83 bits per heavy atom. The van der Waals surface area contributed by atoms with Crippen molar-refractivity contribution >= 4 is 30.7 Å². The number of rotatable bonds is 6. The average molecular weight is 370 g/mol. The van der Waals surface area contributed by atoms with Crippen molar-refractivity contribution in [3.63, 3.8) is 0 Å². The number of carbonyl (C=O) groups excluding carboxylic acids is 1. The maximum atomic E-state index is 12.5. The summed E-state index contributed by atoms with van der Waals surface area (Å²) in [7, 11) is 0. The lowest BCUT2D eigenvalue weighted by molar-refractivity contribution is -0.136. The molecule has 0 radical (unpaired) electrons. The second-order valence-electron chi connectivity index (χ2n) is 6.77. The van der Waals surface area contributed by atoms with Crippen molar-refractivity contribution in [1.29, 1.82) is 0 Å². The largest absolute Gasteiger partial charge is 0.381 e. The van der Waals surface area contributed by atoms with Crippen LogP contribution in [0, 0.1) is 11.3 Å². The summed E-state index contributed by atoms with van der Waals surface area (Å²) in [4.78, 5) is 15.0. The summed E-state index contributed by atoms with van der Waals surface area (Å²) < 4.78 is 5.36. The van der Waals surface area contributed by atoms with Crippen molar-refractivity contribution < 1.29 is 9.53 Å². The third-order valence-corrected chi connectivity index (χ3v) is 4.95. The van der Waals surface area contributed by atoms with Crippen molar-refractivity contribution in [2.45, 2.75) is 39.0 Å². The van der Waals surface area contributed by atoms with E-state index in [0.29, 0.717) is 25.7 Å². The molecule has 3 N–H and O–H groups in total. The highest BCUT2D eigenvalue weighted by atomic mass is 35.5. The van der Waals surface area contributed by atoms with Crippen LogP contribution in [0.25, 0.3) is 0 Å². The minimum Gasteiger partial charge on any atom is -0.381 e. The number of nitrogens with one attached hydrogen (secondary N) is 1. The van der Waals surface area contributed by atoms with Crippen LogP contribution >= 0.6 is 24.8 Å². The Morgan fingerprint density at radius 1 is 1.22 bits per heavy atom. The zero-order valence-electron chi connectivity index (χ0n) is 14.2. The van der Waals surface area contributed by atoms with E-state index in [2.05, 4.69) is 17.1 Å². The molecular weight excluding hydrogens is 337 g/mol. The summed E-state index contributed by atoms with van der Waals surface area (Å²) in [5.74, 6) is 0.612. The van der Waals surface area contributed by atoms with Crippen LogP contribution in [0.4, 0.5) is 0 Å². The standard InChI is InChI=1S/C16H31N3O2.2ClH/c1-14(12-19-7-3-2-4-8-19)11-18-15(20)16(13-17)5-9-21-10-6-16;;/h14H,2-13,17H2,1H3,(H,18,20);2*1H. The smallest absolute Gasteiger partial charge is 0.227 e. The van der Waals surface area contributed by atoms with Crippen molar-refractivity contribution in [1.82, 2.24) is 10.2 Å². The Kier molecular flexibility index (Phi) is 11.4. The fraction of sp³-hybridized carbons (Fsp3) is 0.938. The van der Waals surface area contributed by atoms with E-state index in [-0.39, 0.29) is 30.7 Å². The van der Waals surface area contributed by atoms with E-state index in [4.69, 9.17) is 10.5 Å². The van der Waals surface area contributed by atoms with Crippen LogP contribution < -0.4 is 11.1 Å². The Labute approximate surface area is 152 Å². The van der Waals surface area contributed by atoms with Crippen molar-refractivity contribution in [3.05, 3.63) is 0 Å². The monoisotopic (exact) mass is 369 g/mol. The second-order valence-corrected chi connectivity index (χ2v) is 6.77. The molecule has 0 aromatic rings. The predicted octanol–water partition coefficient (Wildman–Crippen LogP) is 1.82. The molecule has 5 nitrogen and oxygen atoms in total.